The topological polar surface area (TPSA) is 38.8 Å². The number of aryl methyl sites for hydroxylation is 1. The van der Waals surface area contributed by atoms with E-state index in [0.717, 1.165) is 12.0 Å². The summed E-state index contributed by atoms with van der Waals surface area (Å²) >= 11 is 0. The van der Waals surface area contributed by atoms with Crippen LogP contribution in [0.3, 0.4) is 0 Å². The summed E-state index contributed by atoms with van der Waals surface area (Å²) < 4.78 is 11.2. The molecule has 0 bridgehead atoms. The van der Waals surface area contributed by atoms with Crippen molar-refractivity contribution in [3.8, 4) is 0 Å². The van der Waals surface area contributed by atoms with Crippen LogP contribution in [0, 0.1) is 6.92 Å². The number of ether oxygens (including phenoxy) is 2. The third-order valence-corrected chi connectivity index (χ3v) is 4.91. The quantitative estimate of drug-likeness (QED) is 0.840. The lowest BCUT2D eigenvalue weighted by atomic mass is 9.85. The first kappa shape index (κ1) is 17.5. The number of carbonyl (C=O) groups is 1. The van der Waals surface area contributed by atoms with Crippen LogP contribution in [0.4, 0.5) is 4.79 Å². The number of hydrogen-bond donors (Lipinski definition) is 0. The monoisotopic (exact) mass is 339 g/mol. The van der Waals surface area contributed by atoms with Crippen molar-refractivity contribution in [2.75, 3.05) is 20.2 Å². The molecule has 3 rings (SSSR count). The fourth-order valence-electron chi connectivity index (χ4n) is 3.49. The lowest BCUT2D eigenvalue weighted by Gasteiger charge is -2.38. The molecule has 4 nitrogen and oxygen atoms in total. The van der Waals surface area contributed by atoms with Gasteiger partial charge in [0.05, 0.1) is 12.6 Å². The number of amides is 1. The SMILES string of the molecule is COC1CN(C(=O)OCc2ccccc2)CCC1c1ccccc1C. The second-order valence-corrected chi connectivity index (χ2v) is 6.51. The first-order chi connectivity index (χ1) is 12.2. The second kappa shape index (κ2) is 8.17. The predicted molar refractivity (Wildman–Crippen MR) is 97.5 cm³/mol. The average molecular weight is 339 g/mol. The van der Waals surface area contributed by atoms with Gasteiger partial charge in [-0.3, -0.25) is 0 Å². The van der Waals surface area contributed by atoms with E-state index in [1.807, 2.05) is 30.3 Å². The van der Waals surface area contributed by atoms with Crippen LogP contribution in [-0.4, -0.2) is 37.3 Å². The highest BCUT2D eigenvalue weighted by molar-refractivity contribution is 5.68. The first-order valence-corrected chi connectivity index (χ1v) is 8.73. The summed E-state index contributed by atoms with van der Waals surface area (Å²) in [4.78, 5) is 14.1. The Labute approximate surface area is 149 Å². The Kier molecular flexibility index (Phi) is 5.71. The summed E-state index contributed by atoms with van der Waals surface area (Å²) in [6.07, 6.45) is 0.595. The molecule has 0 aliphatic carbocycles. The van der Waals surface area contributed by atoms with Crippen molar-refractivity contribution >= 4 is 6.09 Å². The molecule has 0 spiro atoms. The van der Waals surface area contributed by atoms with Crippen molar-refractivity contribution in [3.63, 3.8) is 0 Å². The summed E-state index contributed by atoms with van der Waals surface area (Å²) in [6, 6.07) is 18.1. The zero-order valence-corrected chi connectivity index (χ0v) is 14.9. The van der Waals surface area contributed by atoms with Gasteiger partial charge in [-0.05, 0) is 30.0 Å². The van der Waals surface area contributed by atoms with E-state index in [0.29, 0.717) is 25.6 Å². The molecule has 1 aliphatic heterocycles. The van der Waals surface area contributed by atoms with Crippen LogP contribution in [0.2, 0.25) is 0 Å². The fourth-order valence-corrected chi connectivity index (χ4v) is 3.49. The number of benzene rings is 2. The van der Waals surface area contributed by atoms with E-state index in [-0.39, 0.29) is 12.2 Å². The normalized spacial score (nSPS) is 20.3. The van der Waals surface area contributed by atoms with Crippen molar-refractivity contribution in [1.82, 2.24) is 4.90 Å². The van der Waals surface area contributed by atoms with E-state index < -0.39 is 0 Å². The molecule has 1 amide bonds. The molecule has 2 aromatic carbocycles. The molecule has 1 heterocycles. The van der Waals surface area contributed by atoms with E-state index in [1.54, 1.807) is 12.0 Å². The molecule has 2 atom stereocenters. The zero-order valence-electron chi connectivity index (χ0n) is 14.9. The maximum Gasteiger partial charge on any atom is 0.410 e. The largest absolute Gasteiger partial charge is 0.445 e. The number of likely N-dealkylation sites (tertiary alicyclic amines) is 1. The minimum absolute atomic E-state index is 0.0147. The molecular formula is C21H25NO3. The van der Waals surface area contributed by atoms with Gasteiger partial charge < -0.3 is 14.4 Å². The van der Waals surface area contributed by atoms with Gasteiger partial charge in [0.25, 0.3) is 0 Å². The summed E-state index contributed by atoms with van der Waals surface area (Å²) in [5, 5.41) is 0. The van der Waals surface area contributed by atoms with Crippen molar-refractivity contribution < 1.29 is 14.3 Å². The standard InChI is InChI=1S/C21H25NO3/c1-16-8-6-7-11-18(16)19-12-13-22(14-20(19)24-2)21(23)25-15-17-9-4-3-5-10-17/h3-11,19-20H,12-15H2,1-2H3. The molecule has 1 saturated heterocycles. The number of carbonyl (C=O) groups excluding carboxylic acids is 1. The molecule has 25 heavy (non-hydrogen) atoms. The molecule has 0 N–H and O–H groups in total. The number of rotatable bonds is 4. The maximum absolute atomic E-state index is 12.4. The van der Waals surface area contributed by atoms with Crippen molar-refractivity contribution in [2.24, 2.45) is 0 Å². The van der Waals surface area contributed by atoms with Crippen LogP contribution < -0.4 is 0 Å². The second-order valence-electron chi connectivity index (χ2n) is 6.51. The number of methoxy groups -OCH3 is 1. The van der Waals surface area contributed by atoms with E-state index in [2.05, 4.69) is 31.2 Å². The Morgan fingerprint density at radius 2 is 1.84 bits per heavy atom. The summed E-state index contributed by atoms with van der Waals surface area (Å²) in [5.41, 5.74) is 3.58. The molecule has 132 valence electrons. The van der Waals surface area contributed by atoms with Crippen LogP contribution in [0.15, 0.2) is 54.6 Å². The Hall–Kier alpha value is -2.33. The van der Waals surface area contributed by atoms with Crippen molar-refractivity contribution in [3.05, 3.63) is 71.3 Å². The molecule has 2 unspecified atom stereocenters. The highest BCUT2D eigenvalue weighted by Gasteiger charge is 2.33. The summed E-state index contributed by atoms with van der Waals surface area (Å²) in [7, 11) is 1.72. The van der Waals surface area contributed by atoms with Gasteiger partial charge >= 0.3 is 6.09 Å². The van der Waals surface area contributed by atoms with E-state index in [1.165, 1.54) is 11.1 Å². The Balaban J connectivity index is 1.61. The number of nitrogens with zero attached hydrogens (tertiary/aromatic N) is 1. The molecule has 2 aromatic rings. The lowest BCUT2D eigenvalue weighted by molar-refractivity contribution is 0.00865. The van der Waals surface area contributed by atoms with Crippen LogP contribution in [0.5, 0.6) is 0 Å². The highest BCUT2D eigenvalue weighted by Crippen LogP contribution is 2.32. The van der Waals surface area contributed by atoms with E-state index in [4.69, 9.17) is 9.47 Å². The van der Waals surface area contributed by atoms with Gasteiger partial charge in [0.2, 0.25) is 0 Å². The van der Waals surface area contributed by atoms with Crippen LogP contribution in [-0.2, 0) is 16.1 Å². The Morgan fingerprint density at radius 3 is 2.56 bits per heavy atom. The molecule has 1 aliphatic rings. The van der Waals surface area contributed by atoms with Crippen molar-refractivity contribution in [1.29, 1.82) is 0 Å². The predicted octanol–water partition coefficient (Wildman–Crippen LogP) is 4.14. The summed E-state index contributed by atoms with van der Waals surface area (Å²) in [6.45, 7) is 3.67. The number of piperidine rings is 1. The molecule has 0 saturated carbocycles. The van der Waals surface area contributed by atoms with Gasteiger partial charge in [0.1, 0.15) is 6.61 Å². The van der Waals surface area contributed by atoms with E-state index in [9.17, 15) is 4.79 Å². The summed E-state index contributed by atoms with van der Waals surface area (Å²) in [5.74, 6) is 0.310. The minimum Gasteiger partial charge on any atom is -0.445 e. The zero-order chi connectivity index (χ0) is 17.6. The Morgan fingerprint density at radius 1 is 1.12 bits per heavy atom. The molecule has 1 fully saturated rings. The van der Waals surface area contributed by atoms with Gasteiger partial charge in [-0.1, -0.05) is 54.6 Å². The lowest BCUT2D eigenvalue weighted by Crippen LogP contribution is -2.46. The maximum atomic E-state index is 12.4. The molecule has 4 heteroatoms. The molecular weight excluding hydrogens is 314 g/mol. The van der Waals surface area contributed by atoms with Crippen molar-refractivity contribution in [2.45, 2.75) is 32.0 Å². The van der Waals surface area contributed by atoms with Gasteiger partial charge in [0.15, 0.2) is 0 Å². The fraction of sp³-hybridized carbons (Fsp3) is 0.381. The Bertz CT molecular complexity index is 701. The van der Waals surface area contributed by atoms with Gasteiger partial charge in [0, 0.05) is 19.6 Å². The van der Waals surface area contributed by atoms with E-state index >= 15 is 0 Å². The van der Waals surface area contributed by atoms with Gasteiger partial charge in [-0.2, -0.15) is 0 Å². The smallest absolute Gasteiger partial charge is 0.410 e. The van der Waals surface area contributed by atoms with Crippen LogP contribution >= 0.6 is 0 Å². The highest BCUT2D eigenvalue weighted by atomic mass is 16.6. The first-order valence-electron chi connectivity index (χ1n) is 8.73. The average Bonchev–Trinajstić information content (AvgIpc) is 2.67. The van der Waals surface area contributed by atoms with Gasteiger partial charge in [-0.15, -0.1) is 0 Å². The van der Waals surface area contributed by atoms with Crippen LogP contribution in [0.25, 0.3) is 0 Å². The van der Waals surface area contributed by atoms with Gasteiger partial charge in [-0.25, -0.2) is 4.79 Å². The third kappa shape index (κ3) is 4.20. The third-order valence-electron chi connectivity index (χ3n) is 4.91. The number of hydrogen-bond acceptors (Lipinski definition) is 3. The molecule has 0 aromatic heterocycles. The molecule has 0 radical (unpaired) electrons. The van der Waals surface area contributed by atoms with Crippen LogP contribution in [0.1, 0.15) is 29.0 Å². The minimum atomic E-state index is -0.269.